The number of amides is 1. The van der Waals surface area contributed by atoms with Crippen molar-refractivity contribution >= 4 is 22.8 Å². The summed E-state index contributed by atoms with van der Waals surface area (Å²) in [6, 6.07) is 0. The van der Waals surface area contributed by atoms with Gasteiger partial charge < -0.3 is 0 Å². The third-order valence-electron chi connectivity index (χ3n) is 4.91. The van der Waals surface area contributed by atoms with E-state index in [1.807, 2.05) is 0 Å². The van der Waals surface area contributed by atoms with Crippen LogP contribution in [0.4, 0.5) is 0 Å². The molecule has 0 aromatic carbocycles. The summed E-state index contributed by atoms with van der Waals surface area (Å²) in [4.78, 5) is 16.7. The summed E-state index contributed by atoms with van der Waals surface area (Å²) in [7, 11) is 0. The topological polar surface area (TPSA) is 23.6 Å². The van der Waals surface area contributed by atoms with E-state index in [4.69, 9.17) is 0 Å². The maximum absolute atomic E-state index is 12.2. The molecule has 2 aliphatic heterocycles. The van der Waals surface area contributed by atoms with Crippen LogP contribution in [0.1, 0.15) is 38.5 Å². The van der Waals surface area contributed by atoms with Crippen LogP contribution < -0.4 is 0 Å². The molecule has 1 amide bonds. The van der Waals surface area contributed by atoms with Gasteiger partial charge in [0, 0.05) is 0 Å². The Balaban J connectivity index is 1.40. The zero-order valence-electron chi connectivity index (χ0n) is 11.1. The van der Waals surface area contributed by atoms with Crippen molar-refractivity contribution in [2.75, 3.05) is 31.5 Å². The number of carbonyl (C=O) groups is 1. The van der Waals surface area contributed by atoms with Gasteiger partial charge in [-0.25, -0.2) is 0 Å². The fourth-order valence-corrected chi connectivity index (χ4v) is 4.33. The molecule has 3 aliphatic rings. The molecule has 4 heteroatoms. The first-order valence-electron chi connectivity index (χ1n) is 7.32. The summed E-state index contributed by atoms with van der Waals surface area (Å²) in [6.07, 6.45) is 7.45. The summed E-state index contributed by atoms with van der Waals surface area (Å²) >= 11 is 2.64. The van der Waals surface area contributed by atoms with Gasteiger partial charge in [0.2, 0.25) is 0 Å². The normalized spacial score (nSPS) is 27.9. The molecule has 0 N–H and O–H groups in total. The summed E-state index contributed by atoms with van der Waals surface area (Å²) < 4.78 is 0. The van der Waals surface area contributed by atoms with Crippen LogP contribution in [0.25, 0.3) is 0 Å². The SMILES string of the molecule is O=C(CC1CCCCC1)N1CC2(CN(C[As])C2)C1. The second-order valence-corrected chi connectivity index (χ2v) is 7.18. The molecule has 3 fully saturated rings. The number of carbonyl (C=O) groups excluding carboxylic acids is 1. The van der Waals surface area contributed by atoms with E-state index in [2.05, 4.69) is 26.7 Å². The quantitative estimate of drug-likeness (QED) is 0.732. The molecule has 0 unspecified atom stereocenters. The van der Waals surface area contributed by atoms with Gasteiger partial charge in [-0.3, -0.25) is 0 Å². The minimum absolute atomic E-state index is 0.429. The third kappa shape index (κ3) is 2.49. The number of hydrogen-bond acceptors (Lipinski definition) is 2. The van der Waals surface area contributed by atoms with Crippen LogP contribution in [0.5, 0.6) is 0 Å². The van der Waals surface area contributed by atoms with Gasteiger partial charge in [-0.2, -0.15) is 0 Å². The Bertz CT molecular complexity index is 314. The Morgan fingerprint density at radius 1 is 1.11 bits per heavy atom. The van der Waals surface area contributed by atoms with Crippen LogP contribution in [-0.4, -0.2) is 64.1 Å². The average molecular weight is 310 g/mol. The van der Waals surface area contributed by atoms with Crippen molar-refractivity contribution in [1.82, 2.24) is 9.80 Å². The van der Waals surface area contributed by atoms with Gasteiger partial charge in [0.25, 0.3) is 0 Å². The predicted molar refractivity (Wildman–Crippen MR) is 72.4 cm³/mol. The molecule has 18 heavy (non-hydrogen) atoms. The molecule has 0 atom stereocenters. The number of rotatable bonds is 3. The zero-order valence-corrected chi connectivity index (χ0v) is 13.0. The number of likely N-dealkylation sites (tertiary alicyclic amines) is 2. The van der Waals surface area contributed by atoms with Gasteiger partial charge in [0.1, 0.15) is 0 Å². The first-order chi connectivity index (χ1) is 8.71. The second kappa shape index (κ2) is 5.17. The number of hydrogen-bond donors (Lipinski definition) is 0. The van der Waals surface area contributed by atoms with Crippen LogP contribution in [0.3, 0.4) is 0 Å². The molecule has 100 valence electrons. The van der Waals surface area contributed by atoms with E-state index < -0.39 is 0 Å². The van der Waals surface area contributed by atoms with Crippen molar-refractivity contribution in [3.05, 3.63) is 0 Å². The third-order valence-corrected chi connectivity index (χ3v) is 5.75. The summed E-state index contributed by atoms with van der Waals surface area (Å²) in [5.41, 5.74) is 0.488. The van der Waals surface area contributed by atoms with E-state index in [1.165, 1.54) is 45.2 Å². The molecule has 2 heterocycles. The predicted octanol–water partition coefficient (Wildman–Crippen LogP) is 1.23. The number of nitrogens with zero attached hydrogens (tertiary/aromatic N) is 2. The minimum atomic E-state index is 0.429. The molecular weight excluding hydrogens is 287 g/mol. The van der Waals surface area contributed by atoms with Gasteiger partial charge in [0.05, 0.1) is 0 Å². The van der Waals surface area contributed by atoms with Crippen LogP contribution in [0.2, 0.25) is 0 Å². The van der Waals surface area contributed by atoms with Crippen LogP contribution in [0, 0.1) is 11.3 Å². The van der Waals surface area contributed by atoms with Gasteiger partial charge in [-0.1, -0.05) is 0 Å². The molecule has 3 rings (SSSR count). The van der Waals surface area contributed by atoms with Crippen molar-refractivity contribution in [1.29, 1.82) is 0 Å². The van der Waals surface area contributed by atoms with E-state index >= 15 is 0 Å². The first-order valence-corrected chi connectivity index (χ1v) is 8.64. The molecule has 1 spiro atoms. The molecule has 0 aromatic rings. The second-order valence-electron chi connectivity index (χ2n) is 6.59. The van der Waals surface area contributed by atoms with Crippen molar-refractivity contribution in [2.45, 2.75) is 38.5 Å². The van der Waals surface area contributed by atoms with Crippen molar-refractivity contribution in [3.63, 3.8) is 0 Å². The van der Waals surface area contributed by atoms with Gasteiger partial charge >= 0.3 is 119 Å². The van der Waals surface area contributed by atoms with Gasteiger partial charge in [0.15, 0.2) is 0 Å². The Hall–Kier alpha value is -0.0116. The first kappa shape index (κ1) is 13.0. The Morgan fingerprint density at radius 3 is 2.39 bits per heavy atom. The monoisotopic (exact) mass is 310 g/mol. The molecule has 2 radical (unpaired) electrons. The van der Waals surface area contributed by atoms with Gasteiger partial charge in [-0.05, 0) is 0 Å². The van der Waals surface area contributed by atoms with Crippen molar-refractivity contribution in [3.8, 4) is 0 Å². The van der Waals surface area contributed by atoms with E-state index in [-0.39, 0.29) is 0 Å². The summed E-state index contributed by atoms with van der Waals surface area (Å²) in [5, 5.41) is 1.10. The zero-order chi connectivity index (χ0) is 12.6. The Kier molecular flexibility index (Phi) is 3.73. The maximum atomic E-state index is 12.2. The molecule has 0 bridgehead atoms. The summed E-state index contributed by atoms with van der Waals surface area (Å²) in [6.45, 7) is 4.47. The average Bonchev–Trinajstić information content (AvgIpc) is 2.27. The fourth-order valence-electron chi connectivity index (χ4n) is 3.91. The molecule has 1 aliphatic carbocycles. The van der Waals surface area contributed by atoms with E-state index in [0.717, 1.165) is 24.8 Å². The van der Waals surface area contributed by atoms with E-state index in [9.17, 15) is 4.79 Å². The van der Waals surface area contributed by atoms with Crippen molar-refractivity contribution in [2.24, 2.45) is 11.3 Å². The molecular formula is C14H23AsN2O. The van der Waals surface area contributed by atoms with E-state index in [1.54, 1.807) is 0 Å². The molecule has 0 aromatic heterocycles. The van der Waals surface area contributed by atoms with Crippen molar-refractivity contribution < 1.29 is 4.79 Å². The standard InChI is InChI=1S/C14H23AsN2O/c15-11-16-7-14(8-16)9-17(10-14)13(18)6-12-4-2-1-3-5-12/h12H,1-11H2. The molecule has 1 saturated carbocycles. The molecule has 2 saturated heterocycles. The van der Waals surface area contributed by atoms with Crippen LogP contribution in [-0.2, 0) is 4.79 Å². The van der Waals surface area contributed by atoms with Crippen LogP contribution in [0.15, 0.2) is 0 Å². The Labute approximate surface area is 119 Å². The van der Waals surface area contributed by atoms with E-state index in [0.29, 0.717) is 17.2 Å². The van der Waals surface area contributed by atoms with Gasteiger partial charge in [-0.15, -0.1) is 0 Å². The fraction of sp³-hybridized carbons (Fsp3) is 0.929. The molecule has 3 nitrogen and oxygen atoms in total. The summed E-state index contributed by atoms with van der Waals surface area (Å²) in [5.74, 6) is 1.12. The van der Waals surface area contributed by atoms with Crippen LogP contribution >= 0.6 is 0 Å². The Morgan fingerprint density at radius 2 is 1.78 bits per heavy atom.